The number of carbonyl (C=O) groups excluding carboxylic acids is 2. The summed E-state index contributed by atoms with van der Waals surface area (Å²) >= 11 is 7.40. The van der Waals surface area contributed by atoms with E-state index in [2.05, 4.69) is 10.6 Å². The SMILES string of the molecule is COc1cc(NC(=O)C(NC(=O)c2cccs2)C(C)C)c(OC)cc1Cl. The van der Waals surface area contributed by atoms with Crippen molar-refractivity contribution in [3.8, 4) is 11.5 Å². The molecule has 1 atom stereocenters. The highest BCUT2D eigenvalue weighted by Crippen LogP contribution is 2.36. The van der Waals surface area contributed by atoms with Gasteiger partial charge in [-0.2, -0.15) is 0 Å². The summed E-state index contributed by atoms with van der Waals surface area (Å²) in [6.45, 7) is 3.72. The smallest absolute Gasteiger partial charge is 0.262 e. The molecular weight excluding hydrogens is 376 g/mol. The summed E-state index contributed by atoms with van der Waals surface area (Å²) in [5, 5.41) is 7.74. The van der Waals surface area contributed by atoms with Crippen LogP contribution in [0.4, 0.5) is 5.69 Å². The molecule has 0 fully saturated rings. The van der Waals surface area contributed by atoms with E-state index in [0.717, 1.165) is 0 Å². The van der Waals surface area contributed by atoms with Crippen LogP contribution in [0.15, 0.2) is 29.6 Å². The molecule has 0 bridgehead atoms. The molecule has 26 heavy (non-hydrogen) atoms. The maximum atomic E-state index is 12.8. The van der Waals surface area contributed by atoms with Crippen LogP contribution in [0.3, 0.4) is 0 Å². The third-order valence-corrected chi connectivity index (χ3v) is 4.88. The monoisotopic (exact) mass is 396 g/mol. The molecule has 0 aliphatic carbocycles. The van der Waals surface area contributed by atoms with Crippen LogP contribution in [0, 0.1) is 5.92 Å². The molecule has 8 heteroatoms. The van der Waals surface area contributed by atoms with Crippen molar-refractivity contribution in [2.24, 2.45) is 5.92 Å². The van der Waals surface area contributed by atoms with Gasteiger partial charge in [0.2, 0.25) is 5.91 Å². The number of halogens is 1. The Labute approximate surface area is 161 Å². The van der Waals surface area contributed by atoms with Crippen LogP contribution in [0.5, 0.6) is 11.5 Å². The minimum absolute atomic E-state index is 0.112. The number of thiophene rings is 1. The fourth-order valence-corrected chi connectivity index (χ4v) is 3.18. The van der Waals surface area contributed by atoms with Crippen LogP contribution >= 0.6 is 22.9 Å². The van der Waals surface area contributed by atoms with E-state index in [-0.39, 0.29) is 17.7 Å². The largest absolute Gasteiger partial charge is 0.495 e. The lowest BCUT2D eigenvalue weighted by Gasteiger charge is -2.22. The van der Waals surface area contributed by atoms with Crippen molar-refractivity contribution in [2.45, 2.75) is 19.9 Å². The zero-order valence-electron chi connectivity index (χ0n) is 15.0. The molecule has 0 saturated heterocycles. The van der Waals surface area contributed by atoms with Gasteiger partial charge in [0.05, 0.1) is 29.8 Å². The molecule has 0 aliphatic rings. The number of methoxy groups -OCH3 is 2. The predicted octanol–water partition coefficient (Wildman–Crippen LogP) is 3.81. The van der Waals surface area contributed by atoms with E-state index in [1.807, 2.05) is 19.2 Å². The maximum absolute atomic E-state index is 12.8. The Bertz CT molecular complexity index is 778. The summed E-state index contributed by atoms with van der Waals surface area (Å²) in [5.41, 5.74) is 0.412. The third-order valence-electron chi connectivity index (χ3n) is 3.71. The van der Waals surface area contributed by atoms with Gasteiger partial charge in [0.15, 0.2) is 0 Å². The normalized spacial score (nSPS) is 11.8. The van der Waals surface area contributed by atoms with Gasteiger partial charge in [0, 0.05) is 12.1 Å². The zero-order chi connectivity index (χ0) is 19.3. The molecule has 2 N–H and O–H groups in total. The number of carbonyl (C=O) groups is 2. The summed E-state index contributed by atoms with van der Waals surface area (Å²) < 4.78 is 10.4. The van der Waals surface area contributed by atoms with Gasteiger partial charge >= 0.3 is 0 Å². The Morgan fingerprint density at radius 3 is 2.38 bits per heavy atom. The van der Waals surface area contributed by atoms with Gasteiger partial charge in [-0.15, -0.1) is 11.3 Å². The Hall–Kier alpha value is -2.25. The third kappa shape index (κ3) is 4.68. The molecule has 0 aliphatic heterocycles. The van der Waals surface area contributed by atoms with E-state index in [9.17, 15) is 9.59 Å². The van der Waals surface area contributed by atoms with E-state index in [1.54, 1.807) is 24.3 Å². The van der Waals surface area contributed by atoms with Crippen LogP contribution in [0.25, 0.3) is 0 Å². The Morgan fingerprint density at radius 2 is 1.85 bits per heavy atom. The molecule has 0 saturated carbocycles. The fraction of sp³-hybridized carbons (Fsp3) is 0.333. The Balaban J connectivity index is 2.21. The minimum Gasteiger partial charge on any atom is -0.495 e. The summed E-state index contributed by atoms with van der Waals surface area (Å²) in [7, 11) is 2.96. The molecule has 2 amide bonds. The van der Waals surface area contributed by atoms with Gasteiger partial charge in [-0.3, -0.25) is 9.59 Å². The van der Waals surface area contributed by atoms with E-state index in [1.165, 1.54) is 25.6 Å². The maximum Gasteiger partial charge on any atom is 0.262 e. The highest BCUT2D eigenvalue weighted by Gasteiger charge is 2.26. The highest BCUT2D eigenvalue weighted by atomic mass is 35.5. The first kappa shape index (κ1) is 20.1. The van der Waals surface area contributed by atoms with Gasteiger partial charge in [-0.05, 0) is 17.4 Å². The van der Waals surface area contributed by atoms with Gasteiger partial charge in [-0.25, -0.2) is 0 Å². The summed E-state index contributed by atoms with van der Waals surface area (Å²) in [6.07, 6.45) is 0. The number of amides is 2. The van der Waals surface area contributed by atoms with Gasteiger partial charge in [0.1, 0.15) is 17.5 Å². The molecule has 1 aromatic carbocycles. The zero-order valence-corrected chi connectivity index (χ0v) is 16.5. The second-order valence-electron chi connectivity index (χ2n) is 5.85. The van der Waals surface area contributed by atoms with Gasteiger partial charge < -0.3 is 20.1 Å². The second-order valence-corrected chi connectivity index (χ2v) is 7.20. The van der Waals surface area contributed by atoms with Gasteiger partial charge in [0.25, 0.3) is 5.91 Å². The molecule has 2 rings (SSSR count). The lowest BCUT2D eigenvalue weighted by atomic mass is 10.0. The number of hydrogen-bond donors (Lipinski definition) is 2. The van der Waals surface area contributed by atoms with E-state index in [4.69, 9.17) is 21.1 Å². The number of rotatable bonds is 7. The van der Waals surface area contributed by atoms with E-state index in [0.29, 0.717) is 27.1 Å². The van der Waals surface area contributed by atoms with Crippen LogP contribution in [0.2, 0.25) is 5.02 Å². The number of hydrogen-bond acceptors (Lipinski definition) is 5. The molecule has 2 aromatic rings. The van der Waals surface area contributed by atoms with Crippen molar-refractivity contribution in [1.82, 2.24) is 5.32 Å². The Kier molecular flexibility index (Phi) is 6.88. The van der Waals surface area contributed by atoms with E-state index >= 15 is 0 Å². The van der Waals surface area contributed by atoms with Crippen molar-refractivity contribution in [2.75, 3.05) is 19.5 Å². The molecular formula is C18H21ClN2O4S. The fourth-order valence-electron chi connectivity index (χ4n) is 2.32. The molecule has 1 unspecified atom stereocenters. The molecule has 6 nitrogen and oxygen atoms in total. The number of anilines is 1. The standard InChI is InChI=1S/C18H21ClN2O4S/c1-10(2)16(21-17(22)15-6-5-7-26-15)18(23)20-12-9-13(24-3)11(19)8-14(12)25-4/h5-10,16H,1-4H3,(H,20,23)(H,21,22). The minimum atomic E-state index is -0.712. The van der Waals surface area contributed by atoms with Crippen molar-refractivity contribution in [1.29, 1.82) is 0 Å². The lowest BCUT2D eigenvalue weighted by Crippen LogP contribution is -2.47. The first-order valence-corrected chi connectivity index (χ1v) is 9.19. The Morgan fingerprint density at radius 1 is 1.15 bits per heavy atom. The van der Waals surface area contributed by atoms with Crippen molar-refractivity contribution < 1.29 is 19.1 Å². The molecule has 140 valence electrons. The molecule has 0 radical (unpaired) electrons. The van der Waals surface area contributed by atoms with Crippen LogP contribution in [-0.2, 0) is 4.79 Å². The van der Waals surface area contributed by atoms with Crippen molar-refractivity contribution in [3.63, 3.8) is 0 Å². The molecule has 1 aromatic heterocycles. The second kappa shape index (κ2) is 8.91. The highest BCUT2D eigenvalue weighted by molar-refractivity contribution is 7.12. The molecule has 0 spiro atoms. The average molecular weight is 397 g/mol. The van der Waals surface area contributed by atoms with Crippen molar-refractivity contribution in [3.05, 3.63) is 39.5 Å². The van der Waals surface area contributed by atoms with Crippen LogP contribution < -0.4 is 20.1 Å². The number of nitrogens with one attached hydrogen (secondary N) is 2. The first-order valence-electron chi connectivity index (χ1n) is 7.94. The number of benzene rings is 1. The topological polar surface area (TPSA) is 76.7 Å². The van der Waals surface area contributed by atoms with Crippen molar-refractivity contribution >= 4 is 40.4 Å². The predicted molar refractivity (Wildman–Crippen MR) is 104 cm³/mol. The quantitative estimate of drug-likeness (QED) is 0.746. The van der Waals surface area contributed by atoms with Crippen LogP contribution in [-0.4, -0.2) is 32.1 Å². The van der Waals surface area contributed by atoms with Gasteiger partial charge in [-0.1, -0.05) is 31.5 Å². The van der Waals surface area contributed by atoms with E-state index < -0.39 is 6.04 Å². The lowest BCUT2D eigenvalue weighted by molar-refractivity contribution is -0.118. The summed E-state index contributed by atoms with van der Waals surface area (Å²) in [6, 6.07) is 5.93. The summed E-state index contributed by atoms with van der Waals surface area (Å²) in [5.74, 6) is 0.0592. The molecule has 1 heterocycles. The van der Waals surface area contributed by atoms with Crippen LogP contribution in [0.1, 0.15) is 23.5 Å². The summed E-state index contributed by atoms with van der Waals surface area (Å²) in [4.78, 5) is 25.6. The first-order chi connectivity index (χ1) is 12.4. The average Bonchev–Trinajstić information content (AvgIpc) is 3.14. The number of ether oxygens (including phenoxy) is 2.